The first-order valence-electron chi connectivity index (χ1n) is 9.62. The Morgan fingerprint density at radius 2 is 1.67 bits per heavy atom. The molecule has 0 aliphatic rings. The summed E-state index contributed by atoms with van der Waals surface area (Å²) < 4.78 is 51.8. The van der Waals surface area contributed by atoms with Crippen LogP contribution in [0.25, 0.3) is 22.1 Å². The van der Waals surface area contributed by atoms with Gasteiger partial charge in [-0.2, -0.15) is 0 Å². The van der Waals surface area contributed by atoms with Crippen molar-refractivity contribution in [3.63, 3.8) is 0 Å². The summed E-state index contributed by atoms with van der Waals surface area (Å²) in [6.07, 6.45) is -4.96. The lowest BCUT2D eigenvalue weighted by atomic mass is 10.0. The van der Waals surface area contributed by atoms with E-state index in [9.17, 15) is 22.8 Å². The summed E-state index contributed by atoms with van der Waals surface area (Å²) in [4.78, 5) is 25.1. The molecule has 1 amide bonds. The molecule has 0 saturated carbocycles. The van der Waals surface area contributed by atoms with E-state index in [4.69, 9.17) is 9.15 Å². The zero-order valence-electron chi connectivity index (χ0n) is 17.1. The molecule has 4 aromatic rings. The van der Waals surface area contributed by atoms with Crippen molar-refractivity contribution in [1.29, 1.82) is 0 Å². The summed E-state index contributed by atoms with van der Waals surface area (Å²) in [7, 11) is 1.57. The lowest BCUT2D eigenvalue weighted by molar-refractivity contribution is -0.274. The maximum atomic E-state index is 12.7. The SMILES string of the molecule is COc1ccc(-c2cccc(NC(=O)c3cc4cccc(OC(F)(F)F)c4oc3=O)c2)cc1. The smallest absolute Gasteiger partial charge is 0.497 e. The van der Waals surface area contributed by atoms with E-state index in [1.54, 1.807) is 37.4 Å². The highest BCUT2D eigenvalue weighted by Gasteiger charge is 2.32. The number of rotatable bonds is 5. The zero-order valence-corrected chi connectivity index (χ0v) is 17.1. The monoisotopic (exact) mass is 455 g/mol. The standard InChI is InChI=1S/C24H16F3NO5/c1-31-18-10-8-14(9-11-18)15-4-2-6-17(12-15)28-22(29)19-13-16-5-3-7-20(33-24(25,26)27)21(16)32-23(19)30/h2-13H,1H3,(H,28,29). The molecule has 0 spiro atoms. The molecule has 3 aromatic carbocycles. The van der Waals surface area contributed by atoms with Crippen LogP contribution in [0.3, 0.4) is 0 Å². The number of ether oxygens (including phenoxy) is 2. The van der Waals surface area contributed by atoms with Crippen molar-refractivity contribution >= 4 is 22.6 Å². The van der Waals surface area contributed by atoms with Gasteiger partial charge in [-0.25, -0.2) is 4.79 Å². The Morgan fingerprint density at radius 1 is 0.939 bits per heavy atom. The van der Waals surface area contributed by atoms with E-state index in [1.165, 1.54) is 12.1 Å². The van der Waals surface area contributed by atoms with Gasteiger partial charge in [-0.1, -0.05) is 36.4 Å². The van der Waals surface area contributed by atoms with Gasteiger partial charge in [0.15, 0.2) is 11.3 Å². The van der Waals surface area contributed by atoms with Gasteiger partial charge in [0.05, 0.1) is 7.11 Å². The Kier molecular flexibility index (Phi) is 5.78. The molecule has 1 N–H and O–H groups in total. The first-order valence-corrected chi connectivity index (χ1v) is 9.62. The van der Waals surface area contributed by atoms with Gasteiger partial charge in [0.2, 0.25) is 0 Å². The molecular formula is C24H16F3NO5. The Labute approximate surface area is 185 Å². The van der Waals surface area contributed by atoms with Crippen molar-refractivity contribution in [2.24, 2.45) is 0 Å². The number of carbonyl (C=O) groups is 1. The fraction of sp³-hybridized carbons (Fsp3) is 0.0833. The summed E-state index contributed by atoms with van der Waals surface area (Å²) >= 11 is 0. The number of para-hydroxylation sites is 1. The summed E-state index contributed by atoms with van der Waals surface area (Å²) in [5.74, 6) is -0.731. The van der Waals surface area contributed by atoms with Crippen LogP contribution in [0.15, 0.2) is 82.0 Å². The van der Waals surface area contributed by atoms with Crippen LogP contribution >= 0.6 is 0 Å². The molecule has 6 nitrogen and oxygen atoms in total. The van der Waals surface area contributed by atoms with Gasteiger partial charge in [0.1, 0.15) is 11.3 Å². The highest BCUT2D eigenvalue weighted by Crippen LogP contribution is 2.30. The second-order valence-corrected chi connectivity index (χ2v) is 6.93. The van der Waals surface area contributed by atoms with E-state index in [2.05, 4.69) is 10.1 Å². The zero-order chi connectivity index (χ0) is 23.6. The van der Waals surface area contributed by atoms with Crippen molar-refractivity contribution < 1.29 is 31.9 Å². The number of nitrogens with one attached hydrogen (secondary N) is 1. The maximum Gasteiger partial charge on any atom is 0.573 e. The van der Waals surface area contributed by atoms with Crippen LogP contribution in [-0.2, 0) is 0 Å². The first-order chi connectivity index (χ1) is 15.7. The van der Waals surface area contributed by atoms with Crippen LogP contribution in [0.5, 0.6) is 11.5 Å². The number of carbonyl (C=O) groups excluding carboxylic acids is 1. The molecule has 1 aromatic heterocycles. The average Bonchev–Trinajstić information content (AvgIpc) is 2.78. The third kappa shape index (κ3) is 4.98. The minimum Gasteiger partial charge on any atom is -0.497 e. The summed E-state index contributed by atoms with van der Waals surface area (Å²) in [6.45, 7) is 0. The number of methoxy groups -OCH3 is 1. The first kappa shape index (κ1) is 21.9. The summed E-state index contributed by atoms with van der Waals surface area (Å²) in [5, 5.41) is 2.72. The summed E-state index contributed by atoms with van der Waals surface area (Å²) in [5.41, 5.74) is 0.259. The van der Waals surface area contributed by atoms with Gasteiger partial charge in [-0.05, 0) is 47.5 Å². The Hall–Kier alpha value is -4.27. The van der Waals surface area contributed by atoms with Crippen molar-refractivity contribution in [3.8, 4) is 22.6 Å². The van der Waals surface area contributed by atoms with Crippen LogP contribution in [0, 0.1) is 0 Å². The molecule has 0 aliphatic heterocycles. The molecule has 9 heteroatoms. The highest BCUT2D eigenvalue weighted by atomic mass is 19.4. The lowest BCUT2D eigenvalue weighted by Gasteiger charge is -2.11. The molecule has 4 rings (SSSR count). The van der Waals surface area contributed by atoms with E-state index in [-0.39, 0.29) is 10.9 Å². The fourth-order valence-corrected chi connectivity index (χ4v) is 3.24. The predicted molar refractivity (Wildman–Crippen MR) is 116 cm³/mol. The third-order valence-electron chi connectivity index (χ3n) is 4.74. The van der Waals surface area contributed by atoms with Crippen LogP contribution in [0.4, 0.5) is 18.9 Å². The second kappa shape index (κ2) is 8.70. The third-order valence-corrected chi connectivity index (χ3v) is 4.74. The van der Waals surface area contributed by atoms with Gasteiger partial charge in [-0.15, -0.1) is 13.2 Å². The molecule has 0 atom stereocenters. The van der Waals surface area contributed by atoms with Gasteiger partial charge in [0, 0.05) is 11.1 Å². The molecule has 0 radical (unpaired) electrons. The van der Waals surface area contributed by atoms with Crippen molar-refractivity contribution in [1.82, 2.24) is 0 Å². The van der Waals surface area contributed by atoms with Crippen molar-refractivity contribution in [2.75, 3.05) is 12.4 Å². The van der Waals surface area contributed by atoms with Crippen molar-refractivity contribution in [2.45, 2.75) is 6.36 Å². The van der Waals surface area contributed by atoms with Crippen LogP contribution < -0.4 is 20.4 Å². The van der Waals surface area contributed by atoms with Crippen molar-refractivity contribution in [3.05, 3.63) is 88.8 Å². The van der Waals surface area contributed by atoms with Gasteiger partial charge >= 0.3 is 12.0 Å². The number of alkyl halides is 3. The van der Waals surface area contributed by atoms with E-state index >= 15 is 0 Å². The van der Waals surface area contributed by atoms with Crippen LogP contribution in [0.2, 0.25) is 0 Å². The molecule has 1 heterocycles. The van der Waals surface area contributed by atoms with Crippen LogP contribution in [0.1, 0.15) is 10.4 Å². The molecule has 0 bridgehead atoms. The Balaban J connectivity index is 1.61. The lowest BCUT2D eigenvalue weighted by Crippen LogP contribution is -2.21. The largest absolute Gasteiger partial charge is 0.573 e. The van der Waals surface area contributed by atoms with Gasteiger partial charge in [0.25, 0.3) is 5.91 Å². The van der Waals surface area contributed by atoms with E-state index in [0.717, 1.165) is 23.3 Å². The molecule has 0 saturated heterocycles. The Morgan fingerprint density at radius 3 is 2.36 bits per heavy atom. The molecule has 168 valence electrons. The summed E-state index contributed by atoms with van der Waals surface area (Å²) in [6, 6.07) is 19.2. The van der Waals surface area contributed by atoms with Gasteiger partial charge in [-0.3, -0.25) is 4.79 Å². The number of fused-ring (bicyclic) bond motifs is 1. The van der Waals surface area contributed by atoms with Crippen LogP contribution in [-0.4, -0.2) is 19.4 Å². The van der Waals surface area contributed by atoms with E-state index in [1.807, 2.05) is 18.2 Å². The minimum atomic E-state index is -4.96. The number of hydrogen-bond acceptors (Lipinski definition) is 5. The number of halogens is 3. The highest BCUT2D eigenvalue weighted by molar-refractivity contribution is 6.05. The van der Waals surface area contributed by atoms with E-state index < -0.39 is 29.2 Å². The molecule has 0 aliphatic carbocycles. The maximum absolute atomic E-state index is 12.7. The number of anilines is 1. The fourth-order valence-electron chi connectivity index (χ4n) is 3.24. The molecular weight excluding hydrogens is 439 g/mol. The quantitative estimate of drug-likeness (QED) is 0.395. The average molecular weight is 455 g/mol. The molecule has 33 heavy (non-hydrogen) atoms. The predicted octanol–water partition coefficient (Wildman–Crippen LogP) is 5.62. The number of benzene rings is 3. The minimum absolute atomic E-state index is 0.105. The molecule has 0 unspecified atom stereocenters. The molecule has 0 fully saturated rings. The number of hydrogen-bond donors (Lipinski definition) is 1. The van der Waals surface area contributed by atoms with Gasteiger partial charge < -0.3 is 19.2 Å². The Bertz CT molecular complexity index is 1380. The second-order valence-electron chi connectivity index (χ2n) is 6.93. The topological polar surface area (TPSA) is 77.8 Å². The van der Waals surface area contributed by atoms with E-state index in [0.29, 0.717) is 11.4 Å². The normalized spacial score (nSPS) is 11.3. The number of amides is 1.